The average Bonchev–Trinajstić information content (AvgIpc) is 2.34. The van der Waals surface area contributed by atoms with Crippen molar-refractivity contribution in [2.24, 2.45) is 0 Å². The van der Waals surface area contributed by atoms with Gasteiger partial charge < -0.3 is 10.1 Å². The van der Waals surface area contributed by atoms with E-state index in [1.807, 2.05) is 13.0 Å². The van der Waals surface area contributed by atoms with Gasteiger partial charge in [0.05, 0.1) is 0 Å². The Hall–Kier alpha value is -1.69. The monoisotopic (exact) mass is 328 g/mol. The normalized spacial score (nSPS) is 10.6. The second-order valence-corrected chi connectivity index (χ2v) is 4.76. The van der Waals surface area contributed by atoms with Crippen molar-refractivity contribution in [2.45, 2.75) is 13.5 Å². The van der Waals surface area contributed by atoms with Crippen molar-refractivity contribution in [3.05, 3.63) is 46.6 Å². The first-order valence-electron chi connectivity index (χ1n) is 5.48. The summed E-state index contributed by atoms with van der Waals surface area (Å²) < 4.78 is 29.2. The SMILES string of the molecule is Cc1cc(Br)cnc1Nc1ccc(OC(F)F)cc1. The predicted octanol–water partition coefficient (Wildman–Crippen LogP) is 4.50. The summed E-state index contributed by atoms with van der Waals surface area (Å²) in [6.45, 7) is -0.886. The summed E-state index contributed by atoms with van der Waals surface area (Å²) in [5.74, 6) is 0.840. The first-order valence-corrected chi connectivity index (χ1v) is 6.28. The van der Waals surface area contributed by atoms with Crippen LogP contribution in [0.4, 0.5) is 20.3 Å². The Balaban J connectivity index is 2.10. The number of hydrogen-bond donors (Lipinski definition) is 1. The molecule has 0 bridgehead atoms. The number of nitrogens with one attached hydrogen (secondary N) is 1. The van der Waals surface area contributed by atoms with E-state index in [-0.39, 0.29) is 5.75 Å². The molecule has 1 N–H and O–H groups in total. The van der Waals surface area contributed by atoms with Crippen molar-refractivity contribution >= 4 is 27.4 Å². The van der Waals surface area contributed by atoms with Gasteiger partial charge in [0.25, 0.3) is 0 Å². The van der Waals surface area contributed by atoms with Gasteiger partial charge in [0, 0.05) is 16.4 Å². The molecule has 0 radical (unpaired) electrons. The van der Waals surface area contributed by atoms with Crippen molar-refractivity contribution in [3.63, 3.8) is 0 Å². The summed E-state index contributed by atoms with van der Waals surface area (Å²) in [4.78, 5) is 4.23. The van der Waals surface area contributed by atoms with E-state index in [4.69, 9.17) is 0 Å². The summed E-state index contributed by atoms with van der Waals surface area (Å²) in [7, 11) is 0. The van der Waals surface area contributed by atoms with Gasteiger partial charge in [-0.05, 0) is 58.7 Å². The number of nitrogens with zero attached hydrogens (tertiary/aromatic N) is 1. The lowest BCUT2D eigenvalue weighted by Crippen LogP contribution is -2.02. The molecule has 1 aromatic heterocycles. The minimum absolute atomic E-state index is 0.126. The van der Waals surface area contributed by atoms with E-state index in [2.05, 4.69) is 31.0 Å². The molecule has 0 saturated carbocycles. The number of halogens is 3. The molecular formula is C13H11BrF2N2O. The average molecular weight is 329 g/mol. The van der Waals surface area contributed by atoms with E-state index in [1.54, 1.807) is 18.3 Å². The second-order valence-electron chi connectivity index (χ2n) is 3.85. The van der Waals surface area contributed by atoms with Crippen LogP contribution in [-0.2, 0) is 0 Å². The van der Waals surface area contributed by atoms with Crippen LogP contribution < -0.4 is 10.1 Å². The van der Waals surface area contributed by atoms with Gasteiger partial charge in [0.2, 0.25) is 0 Å². The highest BCUT2D eigenvalue weighted by Crippen LogP contribution is 2.23. The largest absolute Gasteiger partial charge is 0.435 e. The van der Waals surface area contributed by atoms with Gasteiger partial charge in [-0.25, -0.2) is 4.98 Å². The molecule has 3 nitrogen and oxygen atoms in total. The van der Waals surface area contributed by atoms with Crippen molar-refractivity contribution in [3.8, 4) is 5.75 Å². The zero-order valence-corrected chi connectivity index (χ0v) is 11.6. The van der Waals surface area contributed by atoms with Crippen molar-refractivity contribution in [1.29, 1.82) is 0 Å². The molecule has 0 saturated heterocycles. The number of aromatic nitrogens is 1. The Kier molecular flexibility index (Phi) is 4.31. The number of hydrogen-bond acceptors (Lipinski definition) is 3. The molecule has 2 rings (SSSR count). The Bertz CT molecular complexity index is 561. The maximum Gasteiger partial charge on any atom is 0.387 e. The molecule has 6 heteroatoms. The number of anilines is 2. The zero-order valence-electron chi connectivity index (χ0n) is 10.0. The molecule has 0 unspecified atom stereocenters. The van der Waals surface area contributed by atoms with E-state index < -0.39 is 6.61 Å². The smallest absolute Gasteiger partial charge is 0.387 e. The predicted molar refractivity (Wildman–Crippen MR) is 73.0 cm³/mol. The number of alkyl halides is 2. The molecule has 19 heavy (non-hydrogen) atoms. The Labute approximate surface area is 117 Å². The lowest BCUT2D eigenvalue weighted by Gasteiger charge is -2.10. The van der Waals surface area contributed by atoms with Gasteiger partial charge in [0.1, 0.15) is 11.6 Å². The molecule has 0 aliphatic rings. The fraction of sp³-hybridized carbons (Fsp3) is 0.154. The van der Waals surface area contributed by atoms with E-state index in [0.29, 0.717) is 5.82 Å². The number of pyridine rings is 1. The summed E-state index contributed by atoms with van der Waals surface area (Å²) in [5, 5.41) is 3.10. The molecule has 1 heterocycles. The molecule has 0 spiro atoms. The van der Waals surface area contributed by atoms with Crippen molar-refractivity contribution < 1.29 is 13.5 Å². The third kappa shape index (κ3) is 3.89. The number of rotatable bonds is 4. The highest BCUT2D eigenvalue weighted by atomic mass is 79.9. The maximum atomic E-state index is 12.0. The van der Waals surface area contributed by atoms with Crippen LogP contribution in [0.25, 0.3) is 0 Å². The van der Waals surface area contributed by atoms with Crippen LogP contribution in [0, 0.1) is 6.92 Å². The van der Waals surface area contributed by atoms with Crippen molar-refractivity contribution in [2.75, 3.05) is 5.32 Å². The summed E-state index contributed by atoms with van der Waals surface area (Å²) in [6.07, 6.45) is 1.68. The molecule has 0 fully saturated rings. The topological polar surface area (TPSA) is 34.2 Å². The standard InChI is InChI=1S/C13H11BrF2N2O/c1-8-6-9(14)7-17-12(8)18-10-2-4-11(5-3-10)19-13(15)16/h2-7,13H,1H3,(H,17,18). The molecule has 100 valence electrons. The first-order chi connectivity index (χ1) is 9.04. The van der Waals surface area contributed by atoms with Gasteiger partial charge in [-0.3, -0.25) is 0 Å². The molecule has 0 atom stereocenters. The molecule has 0 aliphatic heterocycles. The highest BCUT2D eigenvalue weighted by molar-refractivity contribution is 9.10. The van der Waals surface area contributed by atoms with Gasteiger partial charge in [0.15, 0.2) is 0 Å². The van der Waals surface area contributed by atoms with E-state index in [9.17, 15) is 8.78 Å². The van der Waals surface area contributed by atoms with Crippen LogP contribution in [0.5, 0.6) is 5.75 Å². The minimum Gasteiger partial charge on any atom is -0.435 e. The summed E-state index contributed by atoms with van der Waals surface area (Å²) in [6, 6.07) is 8.19. The molecule has 0 amide bonds. The van der Waals surface area contributed by atoms with Crippen LogP contribution in [-0.4, -0.2) is 11.6 Å². The molecule has 2 aromatic rings. The van der Waals surface area contributed by atoms with E-state index >= 15 is 0 Å². The fourth-order valence-corrected chi connectivity index (χ4v) is 1.97. The lowest BCUT2D eigenvalue weighted by atomic mass is 10.2. The third-order valence-electron chi connectivity index (χ3n) is 2.39. The molecule has 1 aromatic carbocycles. The highest BCUT2D eigenvalue weighted by Gasteiger charge is 2.05. The Morgan fingerprint density at radius 1 is 1.26 bits per heavy atom. The molecular weight excluding hydrogens is 318 g/mol. The Morgan fingerprint density at radius 3 is 2.53 bits per heavy atom. The lowest BCUT2D eigenvalue weighted by molar-refractivity contribution is -0.0498. The van der Waals surface area contributed by atoms with Gasteiger partial charge in [-0.15, -0.1) is 0 Å². The van der Waals surface area contributed by atoms with Gasteiger partial charge >= 0.3 is 6.61 Å². The van der Waals surface area contributed by atoms with Crippen molar-refractivity contribution in [1.82, 2.24) is 4.98 Å². The zero-order chi connectivity index (χ0) is 13.8. The fourth-order valence-electron chi connectivity index (χ4n) is 1.53. The van der Waals surface area contributed by atoms with E-state index in [1.165, 1.54) is 12.1 Å². The quantitative estimate of drug-likeness (QED) is 0.897. The summed E-state index contributed by atoms with van der Waals surface area (Å²) in [5.41, 5.74) is 1.72. The van der Waals surface area contributed by atoms with E-state index in [0.717, 1.165) is 15.7 Å². The first kappa shape index (κ1) is 13.7. The van der Waals surface area contributed by atoms with Crippen LogP contribution in [0.3, 0.4) is 0 Å². The number of benzene rings is 1. The second kappa shape index (κ2) is 5.97. The summed E-state index contributed by atoms with van der Waals surface area (Å²) >= 11 is 3.34. The van der Waals surface area contributed by atoms with Gasteiger partial charge in [-0.2, -0.15) is 8.78 Å². The van der Waals surface area contributed by atoms with Crippen LogP contribution >= 0.6 is 15.9 Å². The molecule has 0 aliphatic carbocycles. The van der Waals surface area contributed by atoms with Crippen LogP contribution in [0.1, 0.15) is 5.56 Å². The van der Waals surface area contributed by atoms with Gasteiger partial charge in [-0.1, -0.05) is 0 Å². The third-order valence-corrected chi connectivity index (χ3v) is 2.82. The maximum absolute atomic E-state index is 12.0. The minimum atomic E-state index is -2.81. The van der Waals surface area contributed by atoms with Crippen LogP contribution in [0.2, 0.25) is 0 Å². The Morgan fingerprint density at radius 2 is 1.95 bits per heavy atom. The number of ether oxygens (including phenoxy) is 1. The van der Waals surface area contributed by atoms with Crippen LogP contribution in [0.15, 0.2) is 41.0 Å². The number of aryl methyl sites for hydroxylation is 1.